The number of nitrogens with one attached hydrogen (secondary N) is 1. The standard InChI is InChI=1S/C14H17NO3S2/c16-8-2-5-12-4-1-7-14(10-12)20(17,18)15-13-6-3-9-19-11-13/h1,4,7,10,13,15-16H,3,6,8-9,11H2. The summed E-state index contributed by atoms with van der Waals surface area (Å²) >= 11 is 1.78. The van der Waals surface area contributed by atoms with Crippen LogP contribution in [0.1, 0.15) is 18.4 Å². The third-order valence-corrected chi connectivity index (χ3v) is 5.67. The van der Waals surface area contributed by atoms with Crippen molar-refractivity contribution < 1.29 is 13.5 Å². The zero-order valence-corrected chi connectivity index (χ0v) is 12.6. The van der Waals surface area contributed by atoms with E-state index in [1.165, 1.54) is 6.07 Å². The number of aliphatic hydroxyl groups is 1. The van der Waals surface area contributed by atoms with Gasteiger partial charge in [0.1, 0.15) is 6.61 Å². The maximum Gasteiger partial charge on any atom is 0.240 e. The van der Waals surface area contributed by atoms with Gasteiger partial charge in [0.25, 0.3) is 0 Å². The van der Waals surface area contributed by atoms with Crippen LogP contribution in [-0.2, 0) is 10.0 Å². The zero-order valence-electron chi connectivity index (χ0n) is 11.0. The van der Waals surface area contributed by atoms with E-state index in [-0.39, 0.29) is 17.5 Å². The molecule has 0 spiro atoms. The summed E-state index contributed by atoms with van der Waals surface area (Å²) in [4.78, 5) is 0.220. The lowest BCUT2D eigenvalue weighted by Crippen LogP contribution is -2.38. The molecule has 1 aromatic carbocycles. The smallest absolute Gasteiger partial charge is 0.240 e. The van der Waals surface area contributed by atoms with Gasteiger partial charge in [0.05, 0.1) is 4.90 Å². The maximum absolute atomic E-state index is 12.3. The van der Waals surface area contributed by atoms with Crippen LogP contribution in [0, 0.1) is 11.8 Å². The van der Waals surface area contributed by atoms with Crippen molar-refractivity contribution in [2.45, 2.75) is 23.8 Å². The van der Waals surface area contributed by atoms with Crippen LogP contribution >= 0.6 is 11.8 Å². The first-order valence-electron chi connectivity index (χ1n) is 6.42. The Kier molecular flexibility index (Phi) is 5.49. The van der Waals surface area contributed by atoms with Crippen molar-refractivity contribution in [2.24, 2.45) is 0 Å². The Morgan fingerprint density at radius 2 is 2.30 bits per heavy atom. The highest BCUT2D eigenvalue weighted by Gasteiger charge is 2.22. The Morgan fingerprint density at radius 3 is 3.00 bits per heavy atom. The molecule has 1 aliphatic heterocycles. The van der Waals surface area contributed by atoms with Gasteiger partial charge in [0.15, 0.2) is 0 Å². The predicted molar refractivity (Wildman–Crippen MR) is 81.1 cm³/mol. The third-order valence-electron chi connectivity index (χ3n) is 2.94. The van der Waals surface area contributed by atoms with Gasteiger partial charge in [-0.1, -0.05) is 17.9 Å². The molecule has 1 unspecified atom stereocenters. The van der Waals surface area contributed by atoms with Crippen LogP contribution in [-0.4, -0.2) is 37.7 Å². The molecule has 4 nitrogen and oxygen atoms in total. The molecular weight excluding hydrogens is 294 g/mol. The second-order valence-corrected chi connectivity index (χ2v) is 7.39. The van der Waals surface area contributed by atoms with Gasteiger partial charge in [0.2, 0.25) is 10.0 Å². The van der Waals surface area contributed by atoms with E-state index in [1.54, 1.807) is 30.0 Å². The molecule has 0 aromatic heterocycles. The number of aliphatic hydroxyl groups excluding tert-OH is 1. The Morgan fingerprint density at radius 1 is 1.45 bits per heavy atom. The van der Waals surface area contributed by atoms with Gasteiger partial charge in [-0.2, -0.15) is 11.8 Å². The molecule has 108 valence electrons. The van der Waals surface area contributed by atoms with Gasteiger partial charge in [0, 0.05) is 17.4 Å². The molecule has 1 heterocycles. The summed E-state index contributed by atoms with van der Waals surface area (Å²) in [6.45, 7) is -0.242. The number of thioether (sulfide) groups is 1. The molecule has 6 heteroatoms. The minimum absolute atomic E-state index is 0.00549. The lowest BCUT2D eigenvalue weighted by atomic mass is 10.2. The summed E-state index contributed by atoms with van der Waals surface area (Å²) in [6, 6.07) is 6.47. The van der Waals surface area contributed by atoms with Gasteiger partial charge in [-0.25, -0.2) is 13.1 Å². The molecule has 1 aromatic rings. The molecule has 0 radical (unpaired) electrons. The van der Waals surface area contributed by atoms with Gasteiger partial charge in [-0.3, -0.25) is 0 Å². The summed E-state index contributed by atoms with van der Waals surface area (Å²) in [7, 11) is -3.50. The summed E-state index contributed by atoms with van der Waals surface area (Å²) in [5, 5.41) is 8.67. The highest BCUT2D eigenvalue weighted by Crippen LogP contribution is 2.19. The number of hydrogen-bond acceptors (Lipinski definition) is 4. The van der Waals surface area contributed by atoms with Crippen molar-refractivity contribution >= 4 is 21.8 Å². The summed E-state index contributed by atoms with van der Waals surface area (Å²) < 4.78 is 27.4. The molecule has 1 fully saturated rings. The van der Waals surface area contributed by atoms with Crippen molar-refractivity contribution in [1.29, 1.82) is 0 Å². The first-order valence-corrected chi connectivity index (χ1v) is 9.05. The molecule has 2 rings (SSSR count). The van der Waals surface area contributed by atoms with Gasteiger partial charge >= 0.3 is 0 Å². The molecule has 0 amide bonds. The van der Waals surface area contributed by atoms with E-state index in [9.17, 15) is 8.42 Å². The highest BCUT2D eigenvalue weighted by atomic mass is 32.2. The van der Waals surface area contributed by atoms with E-state index in [4.69, 9.17) is 5.11 Å². The number of benzene rings is 1. The number of hydrogen-bond donors (Lipinski definition) is 2. The fourth-order valence-corrected chi connectivity index (χ4v) is 4.50. The molecule has 20 heavy (non-hydrogen) atoms. The van der Waals surface area contributed by atoms with E-state index in [0.29, 0.717) is 5.56 Å². The monoisotopic (exact) mass is 311 g/mol. The van der Waals surface area contributed by atoms with Crippen LogP contribution in [0.3, 0.4) is 0 Å². The molecule has 1 aliphatic rings. The van der Waals surface area contributed by atoms with E-state index >= 15 is 0 Å². The average molecular weight is 311 g/mol. The normalized spacial score (nSPS) is 19.1. The quantitative estimate of drug-likeness (QED) is 0.823. The van der Waals surface area contributed by atoms with Crippen LogP contribution in [0.15, 0.2) is 29.2 Å². The number of sulfonamides is 1. The Bertz CT molecular complexity index is 611. The first-order chi connectivity index (χ1) is 9.62. The van der Waals surface area contributed by atoms with Crippen molar-refractivity contribution in [3.8, 4) is 11.8 Å². The second-order valence-electron chi connectivity index (χ2n) is 4.52. The van der Waals surface area contributed by atoms with Crippen molar-refractivity contribution in [2.75, 3.05) is 18.1 Å². The van der Waals surface area contributed by atoms with Gasteiger partial charge < -0.3 is 5.11 Å². The van der Waals surface area contributed by atoms with Crippen molar-refractivity contribution in [3.05, 3.63) is 29.8 Å². The van der Waals surface area contributed by atoms with Crippen LogP contribution in [0.2, 0.25) is 0 Å². The van der Waals surface area contributed by atoms with Gasteiger partial charge in [-0.15, -0.1) is 0 Å². The lowest BCUT2D eigenvalue weighted by Gasteiger charge is -2.22. The van der Waals surface area contributed by atoms with Crippen LogP contribution < -0.4 is 4.72 Å². The van der Waals surface area contributed by atoms with E-state index < -0.39 is 10.0 Å². The van der Waals surface area contributed by atoms with E-state index in [1.807, 2.05) is 0 Å². The summed E-state index contributed by atoms with van der Waals surface area (Å²) in [5.41, 5.74) is 0.583. The SMILES string of the molecule is O=S(=O)(NC1CCCSC1)c1cccc(C#CCO)c1. The van der Waals surface area contributed by atoms with Crippen LogP contribution in [0.4, 0.5) is 0 Å². The molecule has 0 bridgehead atoms. The fraction of sp³-hybridized carbons (Fsp3) is 0.429. The molecule has 1 atom stereocenters. The molecular formula is C14H17NO3S2. The van der Waals surface area contributed by atoms with Crippen LogP contribution in [0.25, 0.3) is 0 Å². The predicted octanol–water partition coefficient (Wildman–Crippen LogP) is 1.20. The molecule has 1 saturated heterocycles. The summed E-state index contributed by atoms with van der Waals surface area (Å²) in [5.74, 6) is 7.15. The fourth-order valence-electron chi connectivity index (χ4n) is 2.00. The van der Waals surface area contributed by atoms with Gasteiger partial charge in [-0.05, 0) is 36.8 Å². The zero-order chi connectivity index (χ0) is 14.4. The van der Waals surface area contributed by atoms with Crippen molar-refractivity contribution in [1.82, 2.24) is 4.72 Å². The van der Waals surface area contributed by atoms with Crippen molar-refractivity contribution in [3.63, 3.8) is 0 Å². The topological polar surface area (TPSA) is 66.4 Å². The van der Waals surface area contributed by atoms with E-state index in [2.05, 4.69) is 16.6 Å². The maximum atomic E-state index is 12.3. The Labute approximate surface area is 124 Å². The average Bonchev–Trinajstić information content (AvgIpc) is 2.46. The van der Waals surface area contributed by atoms with Crippen LogP contribution in [0.5, 0.6) is 0 Å². The highest BCUT2D eigenvalue weighted by molar-refractivity contribution is 7.99. The summed E-state index contributed by atoms with van der Waals surface area (Å²) in [6.07, 6.45) is 1.93. The Balaban J connectivity index is 2.16. The molecule has 0 aliphatic carbocycles. The minimum atomic E-state index is -3.50. The third kappa shape index (κ3) is 4.25. The second kappa shape index (κ2) is 7.14. The van der Waals surface area contributed by atoms with E-state index in [0.717, 1.165) is 24.3 Å². The lowest BCUT2D eigenvalue weighted by molar-refractivity contribution is 0.350. The Hall–Kier alpha value is -1.00. The first kappa shape index (κ1) is 15.4. The largest absolute Gasteiger partial charge is 0.384 e. The minimum Gasteiger partial charge on any atom is -0.384 e. The molecule has 0 saturated carbocycles. The number of rotatable bonds is 3. The molecule has 2 N–H and O–H groups in total.